The number of benzene rings is 2. The average molecular weight is 307 g/mol. The van der Waals surface area contributed by atoms with E-state index >= 15 is 0 Å². The van der Waals surface area contributed by atoms with Crippen LogP contribution in [-0.4, -0.2) is 10.2 Å². The van der Waals surface area contributed by atoms with E-state index in [-0.39, 0.29) is 5.75 Å². The number of halogens is 1. The van der Waals surface area contributed by atoms with Crippen molar-refractivity contribution in [2.75, 3.05) is 0 Å². The first-order chi connectivity index (χ1) is 8.41. The quantitative estimate of drug-likeness (QED) is 0.888. The van der Waals surface area contributed by atoms with Gasteiger partial charge in [-0.25, -0.2) is 0 Å². The lowest BCUT2D eigenvalue weighted by atomic mass is 9.87. The number of aryl methyl sites for hydroxylation is 1. The number of hydrogen-bond acceptors (Lipinski definition) is 2. The van der Waals surface area contributed by atoms with Crippen LogP contribution >= 0.6 is 15.9 Å². The molecule has 18 heavy (non-hydrogen) atoms. The standard InChI is InChI=1S/C15H15BrO2/c1-10-3-5-11(6-4-10)15(2,18)13-9-12(16)7-8-14(13)17/h3-9,17-18H,1-2H3. The summed E-state index contributed by atoms with van der Waals surface area (Å²) in [4.78, 5) is 0. The Bertz CT molecular complexity index is 559. The molecular weight excluding hydrogens is 292 g/mol. The summed E-state index contributed by atoms with van der Waals surface area (Å²) >= 11 is 3.35. The van der Waals surface area contributed by atoms with Gasteiger partial charge >= 0.3 is 0 Å². The zero-order valence-corrected chi connectivity index (χ0v) is 11.9. The lowest BCUT2D eigenvalue weighted by Gasteiger charge is -2.25. The van der Waals surface area contributed by atoms with E-state index in [1.807, 2.05) is 31.2 Å². The van der Waals surface area contributed by atoms with Gasteiger partial charge in [0.2, 0.25) is 0 Å². The van der Waals surface area contributed by atoms with Crippen LogP contribution in [0.5, 0.6) is 5.75 Å². The topological polar surface area (TPSA) is 40.5 Å². The largest absolute Gasteiger partial charge is 0.508 e. The van der Waals surface area contributed by atoms with E-state index in [9.17, 15) is 10.2 Å². The number of hydrogen-bond donors (Lipinski definition) is 2. The second-order valence-corrected chi connectivity index (χ2v) is 5.52. The second kappa shape index (κ2) is 4.75. The maximum Gasteiger partial charge on any atom is 0.122 e. The third-order valence-electron chi connectivity index (χ3n) is 3.10. The van der Waals surface area contributed by atoms with Gasteiger partial charge in [0.1, 0.15) is 11.4 Å². The molecule has 0 bridgehead atoms. The van der Waals surface area contributed by atoms with E-state index in [0.29, 0.717) is 5.56 Å². The number of rotatable bonds is 2. The van der Waals surface area contributed by atoms with Crippen LogP contribution in [0.25, 0.3) is 0 Å². The lowest BCUT2D eigenvalue weighted by molar-refractivity contribution is 0.0991. The third kappa shape index (κ3) is 2.42. The summed E-state index contributed by atoms with van der Waals surface area (Å²) in [5.41, 5.74) is 1.15. The summed E-state index contributed by atoms with van der Waals surface area (Å²) in [5.74, 6) is 0.0868. The molecule has 0 saturated heterocycles. The Balaban J connectivity index is 2.53. The molecule has 0 spiro atoms. The van der Waals surface area contributed by atoms with Crippen LogP contribution in [-0.2, 0) is 5.60 Å². The summed E-state index contributed by atoms with van der Waals surface area (Å²) in [5, 5.41) is 20.6. The van der Waals surface area contributed by atoms with Gasteiger partial charge in [0.05, 0.1) is 0 Å². The Morgan fingerprint density at radius 3 is 2.28 bits per heavy atom. The first-order valence-corrected chi connectivity index (χ1v) is 6.49. The van der Waals surface area contributed by atoms with Crippen LogP contribution in [0.1, 0.15) is 23.6 Å². The van der Waals surface area contributed by atoms with Gasteiger partial charge in [-0.2, -0.15) is 0 Å². The van der Waals surface area contributed by atoms with Gasteiger partial charge in [0, 0.05) is 10.0 Å². The average Bonchev–Trinajstić information content (AvgIpc) is 2.32. The minimum absolute atomic E-state index is 0.0868. The maximum absolute atomic E-state index is 10.7. The highest BCUT2D eigenvalue weighted by molar-refractivity contribution is 9.10. The SMILES string of the molecule is Cc1ccc(C(C)(O)c2cc(Br)ccc2O)cc1. The van der Waals surface area contributed by atoms with Crippen molar-refractivity contribution in [1.82, 2.24) is 0 Å². The molecule has 2 aromatic rings. The summed E-state index contributed by atoms with van der Waals surface area (Å²) in [6.45, 7) is 3.67. The Hall–Kier alpha value is -1.32. The molecule has 2 N–H and O–H groups in total. The number of phenolic OH excluding ortho intramolecular Hbond substituents is 1. The van der Waals surface area contributed by atoms with Crippen LogP contribution in [0, 0.1) is 6.92 Å². The van der Waals surface area contributed by atoms with E-state index < -0.39 is 5.60 Å². The molecule has 0 radical (unpaired) electrons. The van der Waals surface area contributed by atoms with E-state index in [4.69, 9.17) is 0 Å². The molecule has 3 heteroatoms. The van der Waals surface area contributed by atoms with Gasteiger partial charge < -0.3 is 10.2 Å². The molecule has 2 aromatic carbocycles. The molecule has 0 aromatic heterocycles. The highest BCUT2D eigenvalue weighted by atomic mass is 79.9. The number of phenols is 1. The lowest BCUT2D eigenvalue weighted by Crippen LogP contribution is -2.22. The Labute approximate surface area is 115 Å². The highest BCUT2D eigenvalue weighted by Crippen LogP contribution is 2.36. The summed E-state index contributed by atoms with van der Waals surface area (Å²) in [7, 11) is 0. The smallest absolute Gasteiger partial charge is 0.122 e. The van der Waals surface area contributed by atoms with Crippen molar-refractivity contribution in [2.45, 2.75) is 19.4 Å². The fraction of sp³-hybridized carbons (Fsp3) is 0.200. The Morgan fingerprint density at radius 1 is 1.06 bits per heavy atom. The van der Waals surface area contributed by atoms with E-state index in [1.54, 1.807) is 25.1 Å². The van der Waals surface area contributed by atoms with Crippen molar-refractivity contribution >= 4 is 15.9 Å². The Morgan fingerprint density at radius 2 is 1.67 bits per heavy atom. The number of aromatic hydroxyl groups is 1. The van der Waals surface area contributed by atoms with E-state index in [2.05, 4.69) is 15.9 Å². The molecule has 0 aliphatic rings. The third-order valence-corrected chi connectivity index (χ3v) is 3.59. The first-order valence-electron chi connectivity index (χ1n) is 5.70. The molecule has 0 fully saturated rings. The van der Waals surface area contributed by atoms with Crippen LogP contribution in [0.2, 0.25) is 0 Å². The van der Waals surface area contributed by atoms with Crippen LogP contribution < -0.4 is 0 Å². The molecule has 1 unspecified atom stereocenters. The van der Waals surface area contributed by atoms with Gasteiger partial charge in [0.25, 0.3) is 0 Å². The van der Waals surface area contributed by atoms with Crippen molar-refractivity contribution in [3.63, 3.8) is 0 Å². The highest BCUT2D eigenvalue weighted by Gasteiger charge is 2.28. The fourth-order valence-electron chi connectivity index (χ4n) is 1.93. The first kappa shape index (κ1) is 13.1. The summed E-state index contributed by atoms with van der Waals surface area (Å²) < 4.78 is 0.822. The van der Waals surface area contributed by atoms with Gasteiger partial charge in [0.15, 0.2) is 0 Å². The predicted octanol–water partition coefficient (Wildman–Crippen LogP) is 3.72. The van der Waals surface area contributed by atoms with Crippen molar-refractivity contribution < 1.29 is 10.2 Å². The second-order valence-electron chi connectivity index (χ2n) is 4.60. The van der Waals surface area contributed by atoms with Crippen LogP contribution in [0.4, 0.5) is 0 Å². The summed E-state index contributed by atoms with van der Waals surface area (Å²) in [6.07, 6.45) is 0. The normalized spacial score (nSPS) is 14.2. The van der Waals surface area contributed by atoms with Crippen molar-refractivity contribution in [2.24, 2.45) is 0 Å². The summed E-state index contributed by atoms with van der Waals surface area (Å²) in [6, 6.07) is 12.7. The van der Waals surface area contributed by atoms with Gasteiger partial charge in [-0.1, -0.05) is 45.8 Å². The Kier molecular flexibility index (Phi) is 3.46. The van der Waals surface area contributed by atoms with Crippen molar-refractivity contribution in [1.29, 1.82) is 0 Å². The number of aliphatic hydroxyl groups is 1. The fourth-order valence-corrected chi connectivity index (χ4v) is 2.29. The maximum atomic E-state index is 10.7. The van der Waals surface area contributed by atoms with Crippen LogP contribution in [0.15, 0.2) is 46.9 Å². The molecule has 1 atom stereocenters. The van der Waals surface area contributed by atoms with Crippen molar-refractivity contribution in [3.8, 4) is 5.75 Å². The predicted molar refractivity (Wildman–Crippen MR) is 75.7 cm³/mol. The molecular formula is C15H15BrO2. The molecule has 0 heterocycles. The molecule has 0 amide bonds. The molecule has 94 valence electrons. The molecule has 0 aliphatic heterocycles. The van der Waals surface area contributed by atoms with E-state index in [1.165, 1.54) is 0 Å². The zero-order chi connectivity index (χ0) is 13.3. The van der Waals surface area contributed by atoms with Gasteiger partial charge in [-0.05, 0) is 37.6 Å². The minimum atomic E-state index is -1.22. The molecule has 0 saturated carbocycles. The molecule has 0 aliphatic carbocycles. The zero-order valence-electron chi connectivity index (χ0n) is 10.3. The van der Waals surface area contributed by atoms with Gasteiger partial charge in [-0.15, -0.1) is 0 Å². The molecule has 2 nitrogen and oxygen atoms in total. The molecule has 2 rings (SSSR count). The van der Waals surface area contributed by atoms with Crippen molar-refractivity contribution in [3.05, 3.63) is 63.6 Å². The monoisotopic (exact) mass is 306 g/mol. The van der Waals surface area contributed by atoms with Crippen LogP contribution in [0.3, 0.4) is 0 Å². The van der Waals surface area contributed by atoms with E-state index in [0.717, 1.165) is 15.6 Å². The minimum Gasteiger partial charge on any atom is -0.508 e. The van der Waals surface area contributed by atoms with Gasteiger partial charge in [-0.3, -0.25) is 0 Å².